The maximum atomic E-state index is 9.71. The van der Waals surface area contributed by atoms with Crippen LogP contribution in [-0.2, 0) is 7.05 Å². The topological polar surface area (TPSA) is 46.7 Å². The smallest absolute Gasteiger partial charge is 0.213 e. The normalized spacial score (nSPS) is 12.0. The fraction of sp³-hybridized carbons (Fsp3) is 0.400. The average molecular weight is 157 g/mol. The molecule has 0 amide bonds. The predicted octanol–water partition coefficient (Wildman–Crippen LogP) is 0.977. The van der Waals surface area contributed by atoms with Crippen molar-refractivity contribution < 1.29 is 0 Å². The third kappa shape index (κ3) is 1.13. The van der Waals surface area contributed by atoms with Gasteiger partial charge in [-0.25, -0.2) is 0 Å². The summed E-state index contributed by atoms with van der Waals surface area (Å²) in [5.74, 6) is 0. The van der Waals surface area contributed by atoms with E-state index < -0.39 is 0 Å². The van der Waals surface area contributed by atoms with Gasteiger partial charge in [0, 0.05) is 18.1 Å². The molecule has 0 saturated heterocycles. The highest BCUT2D eigenvalue weighted by molar-refractivity contribution is 7.07. The largest absolute Gasteiger partial charge is 0.323 e. The standard InChI is InChI=1S/C5H7N3OS/c1-4-3-10-5(6-7-9)8(4)2/h3H,1-2H3/b6-5-. The van der Waals surface area contributed by atoms with Crippen molar-refractivity contribution in [2.45, 2.75) is 6.92 Å². The summed E-state index contributed by atoms with van der Waals surface area (Å²) in [7, 11) is 1.84. The van der Waals surface area contributed by atoms with E-state index >= 15 is 0 Å². The zero-order chi connectivity index (χ0) is 7.56. The van der Waals surface area contributed by atoms with Crippen molar-refractivity contribution in [2.75, 3.05) is 0 Å². The lowest BCUT2D eigenvalue weighted by molar-refractivity contribution is 0.819. The van der Waals surface area contributed by atoms with E-state index in [1.54, 1.807) is 0 Å². The highest BCUT2D eigenvalue weighted by atomic mass is 32.1. The van der Waals surface area contributed by atoms with E-state index in [1.165, 1.54) is 11.3 Å². The van der Waals surface area contributed by atoms with Crippen LogP contribution in [0.15, 0.2) is 15.8 Å². The monoisotopic (exact) mass is 157 g/mol. The van der Waals surface area contributed by atoms with E-state index in [1.807, 2.05) is 23.9 Å². The molecule has 0 N–H and O–H groups in total. The predicted molar refractivity (Wildman–Crippen MR) is 39.4 cm³/mol. The minimum atomic E-state index is 0.632. The number of rotatable bonds is 1. The van der Waals surface area contributed by atoms with Crippen LogP contribution in [0.5, 0.6) is 0 Å². The quantitative estimate of drug-likeness (QED) is 0.442. The van der Waals surface area contributed by atoms with Gasteiger partial charge in [-0.2, -0.15) is 0 Å². The van der Waals surface area contributed by atoms with E-state index in [0.29, 0.717) is 4.80 Å². The number of nitrogens with zero attached hydrogens (tertiary/aromatic N) is 3. The lowest BCUT2D eigenvalue weighted by atomic mass is 10.6. The van der Waals surface area contributed by atoms with Crippen LogP contribution in [0, 0.1) is 11.8 Å². The molecule has 0 spiro atoms. The molecule has 1 rings (SSSR count). The molecule has 0 aromatic carbocycles. The molecule has 0 unspecified atom stereocenters. The first kappa shape index (κ1) is 7.14. The number of hydrogen-bond acceptors (Lipinski definition) is 3. The van der Waals surface area contributed by atoms with Gasteiger partial charge >= 0.3 is 0 Å². The number of aromatic nitrogens is 1. The third-order valence-electron chi connectivity index (χ3n) is 1.28. The van der Waals surface area contributed by atoms with Gasteiger partial charge in [0.25, 0.3) is 0 Å². The van der Waals surface area contributed by atoms with E-state index in [0.717, 1.165) is 5.69 Å². The molecule has 0 saturated carbocycles. The van der Waals surface area contributed by atoms with Crippen molar-refractivity contribution >= 4 is 11.3 Å². The second kappa shape index (κ2) is 2.74. The molecular weight excluding hydrogens is 150 g/mol. The van der Waals surface area contributed by atoms with Crippen LogP contribution in [0.3, 0.4) is 0 Å². The summed E-state index contributed by atoms with van der Waals surface area (Å²) in [4.78, 5) is 10.3. The Balaban J connectivity index is 3.30. The van der Waals surface area contributed by atoms with Crippen molar-refractivity contribution in [1.29, 1.82) is 0 Å². The van der Waals surface area contributed by atoms with E-state index in [4.69, 9.17) is 0 Å². The maximum absolute atomic E-state index is 9.71. The Hall–Kier alpha value is -0.970. The molecule has 0 bridgehead atoms. The van der Waals surface area contributed by atoms with Gasteiger partial charge in [-0.05, 0) is 6.92 Å². The Morgan fingerprint density at radius 2 is 2.40 bits per heavy atom. The van der Waals surface area contributed by atoms with Gasteiger partial charge in [-0.3, -0.25) is 0 Å². The summed E-state index contributed by atoms with van der Waals surface area (Å²) in [5.41, 5.74) is 1.08. The molecule has 10 heavy (non-hydrogen) atoms. The third-order valence-corrected chi connectivity index (χ3v) is 2.30. The van der Waals surface area contributed by atoms with Crippen LogP contribution in [0.1, 0.15) is 5.69 Å². The molecule has 4 nitrogen and oxygen atoms in total. The van der Waals surface area contributed by atoms with Crippen molar-refractivity contribution in [1.82, 2.24) is 4.57 Å². The lowest BCUT2D eigenvalue weighted by Crippen LogP contribution is -2.10. The Morgan fingerprint density at radius 3 is 2.80 bits per heavy atom. The van der Waals surface area contributed by atoms with Crippen LogP contribution in [0.25, 0.3) is 0 Å². The highest BCUT2D eigenvalue weighted by Gasteiger charge is 1.92. The summed E-state index contributed by atoms with van der Waals surface area (Å²) >= 11 is 1.40. The van der Waals surface area contributed by atoms with Gasteiger partial charge in [0.05, 0.1) is 5.29 Å². The number of nitroso groups, excluding NO2 is 1. The molecule has 0 aliphatic heterocycles. The minimum Gasteiger partial charge on any atom is -0.323 e. The van der Waals surface area contributed by atoms with Crippen molar-refractivity contribution in [3.8, 4) is 0 Å². The molecule has 0 aliphatic carbocycles. The lowest BCUT2D eigenvalue weighted by Gasteiger charge is -1.89. The Morgan fingerprint density at radius 1 is 1.70 bits per heavy atom. The summed E-state index contributed by atoms with van der Waals surface area (Å²) in [6.45, 7) is 1.94. The molecular formula is C5H7N3OS. The van der Waals surface area contributed by atoms with E-state index in [9.17, 15) is 4.91 Å². The Labute approximate surface area is 61.8 Å². The molecule has 0 atom stereocenters. The molecule has 1 aromatic heterocycles. The van der Waals surface area contributed by atoms with Gasteiger partial charge in [0.1, 0.15) is 0 Å². The average Bonchev–Trinajstić information content (AvgIpc) is 2.20. The Bertz CT molecular complexity index is 298. The molecule has 1 heterocycles. The number of aryl methyl sites for hydroxylation is 1. The maximum Gasteiger partial charge on any atom is 0.213 e. The van der Waals surface area contributed by atoms with Gasteiger partial charge in [0.2, 0.25) is 4.80 Å². The first-order valence-corrected chi connectivity index (χ1v) is 3.61. The molecule has 1 aromatic rings. The molecule has 5 heteroatoms. The van der Waals surface area contributed by atoms with Gasteiger partial charge in [0.15, 0.2) is 0 Å². The summed E-state index contributed by atoms with van der Waals surface area (Å²) in [5, 5.41) is 7.74. The van der Waals surface area contributed by atoms with Crippen LogP contribution in [0.2, 0.25) is 0 Å². The molecule has 0 radical (unpaired) electrons. The van der Waals surface area contributed by atoms with E-state index in [-0.39, 0.29) is 0 Å². The zero-order valence-corrected chi connectivity index (χ0v) is 6.55. The second-order valence-corrected chi connectivity index (χ2v) is 2.74. The first-order chi connectivity index (χ1) is 4.75. The van der Waals surface area contributed by atoms with Crippen LogP contribution >= 0.6 is 11.3 Å². The van der Waals surface area contributed by atoms with Crippen molar-refractivity contribution in [3.05, 3.63) is 20.8 Å². The summed E-state index contributed by atoms with van der Waals surface area (Å²) in [6, 6.07) is 0. The van der Waals surface area contributed by atoms with Gasteiger partial charge in [-0.1, -0.05) is 5.10 Å². The SMILES string of the molecule is Cc1cs/c(=N\N=O)n1C. The second-order valence-electron chi connectivity index (χ2n) is 1.90. The van der Waals surface area contributed by atoms with Crippen LogP contribution < -0.4 is 4.80 Å². The summed E-state index contributed by atoms with van der Waals surface area (Å²) < 4.78 is 1.81. The van der Waals surface area contributed by atoms with Gasteiger partial charge < -0.3 is 4.57 Å². The molecule has 54 valence electrons. The molecule has 0 aliphatic rings. The summed E-state index contributed by atoms with van der Waals surface area (Å²) in [6.07, 6.45) is 0. The minimum absolute atomic E-state index is 0.632. The molecule has 0 fully saturated rings. The Kier molecular flexibility index (Phi) is 1.96. The van der Waals surface area contributed by atoms with Gasteiger partial charge in [-0.15, -0.1) is 16.2 Å². The van der Waals surface area contributed by atoms with Crippen molar-refractivity contribution in [2.24, 2.45) is 17.4 Å². The first-order valence-electron chi connectivity index (χ1n) is 2.73. The van der Waals surface area contributed by atoms with Crippen LogP contribution in [-0.4, -0.2) is 4.57 Å². The zero-order valence-electron chi connectivity index (χ0n) is 5.74. The number of hydrogen-bond donors (Lipinski definition) is 0. The van der Waals surface area contributed by atoms with Crippen molar-refractivity contribution in [3.63, 3.8) is 0 Å². The van der Waals surface area contributed by atoms with E-state index in [2.05, 4.69) is 10.4 Å². The van der Waals surface area contributed by atoms with Crippen LogP contribution in [0.4, 0.5) is 0 Å². The fourth-order valence-corrected chi connectivity index (χ4v) is 1.39. The fourth-order valence-electron chi connectivity index (χ4n) is 0.573. The highest BCUT2D eigenvalue weighted by Crippen LogP contribution is 1.95. The number of thiazole rings is 1.